The van der Waals surface area contributed by atoms with E-state index in [-0.39, 0.29) is 5.91 Å². The Bertz CT molecular complexity index is 260. The molecule has 0 bridgehead atoms. The molecule has 1 heterocycles. The fraction of sp³-hybridized carbons (Fsp3) is 0.727. The largest absolute Gasteiger partial charge is 0.352 e. The highest BCUT2D eigenvalue weighted by Crippen LogP contribution is 2.25. The minimum absolute atomic E-state index is 0.133. The van der Waals surface area contributed by atoms with E-state index in [2.05, 4.69) is 10.6 Å². The molecule has 0 radical (unpaired) electrons. The summed E-state index contributed by atoms with van der Waals surface area (Å²) in [4.78, 5) is 11.6. The zero-order chi connectivity index (χ0) is 9.97. The van der Waals surface area contributed by atoms with Gasteiger partial charge in [-0.3, -0.25) is 4.79 Å². The maximum absolute atomic E-state index is 11.6. The Morgan fingerprint density at radius 3 is 2.64 bits per heavy atom. The molecule has 0 aromatic heterocycles. The number of carbonyl (C=O) groups is 1. The second-order valence-corrected chi connectivity index (χ2v) is 4.34. The van der Waals surface area contributed by atoms with Crippen LogP contribution in [0.4, 0.5) is 0 Å². The van der Waals surface area contributed by atoms with Gasteiger partial charge in [-0.15, -0.1) is 0 Å². The molecule has 14 heavy (non-hydrogen) atoms. The summed E-state index contributed by atoms with van der Waals surface area (Å²) in [6.07, 6.45) is 3.92. The quantitative estimate of drug-likeness (QED) is 0.653. The van der Waals surface area contributed by atoms with Crippen molar-refractivity contribution in [1.82, 2.24) is 10.6 Å². The molecule has 0 aromatic carbocycles. The number of carbonyl (C=O) groups excluding carboxylic acids is 1. The molecule has 0 spiro atoms. The van der Waals surface area contributed by atoms with Crippen LogP contribution in [0.25, 0.3) is 0 Å². The first-order valence-corrected chi connectivity index (χ1v) is 5.45. The summed E-state index contributed by atoms with van der Waals surface area (Å²) in [6.45, 7) is 4.58. The molecule has 78 valence electrons. The van der Waals surface area contributed by atoms with E-state index >= 15 is 0 Å². The third-order valence-electron chi connectivity index (χ3n) is 3.32. The Balaban J connectivity index is 1.76. The maximum Gasteiger partial charge on any atom is 0.246 e. The molecule has 1 saturated heterocycles. The van der Waals surface area contributed by atoms with Gasteiger partial charge in [0.05, 0.1) is 0 Å². The number of rotatable bonds is 3. The van der Waals surface area contributed by atoms with E-state index in [0.717, 1.165) is 31.1 Å². The molecule has 3 heteroatoms. The first-order chi connectivity index (χ1) is 6.77. The monoisotopic (exact) mass is 194 g/mol. The van der Waals surface area contributed by atoms with Gasteiger partial charge in [0.1, 0.15) is 0 Å². The molecule has 0 aromatic rings. The summed E-state index contributed by atoms with van der Waals surface area (Å²) in [7, 11) is 0. The Morgan fingerprint density at radius 2 is 2.21 bits per heavy atom. The Kier molecular flexibility index (Phi) is 2.87. The number of amides is 1. The zero-order valence-corrected chi connectivity index (χ0v) is 8.73. The minimum atomic E-state index is 0.133. The molecule has 1 aliphatic heterocycles. The molecule has 1 aliphatic carbocycles. The molecule has 3 nitrogen and oxygen atoms in total. The molecule has 2 rings (SSSR count). The standard InChI is InChI=1S/C11H18N2O/c1-8(10-6-12-7-10)11(14)13-5-9-3-2-4-9/h9,12H,2-7H2,1H3,(H,13,14). The topological polar surface area (TPSA) is 41.1 Å². The maximum atomic E-state index is 11.6. The molecule has 0 atom stereocenters. The Morgan fingerprint density at radius 1 is 1.50 bits per heavy atom. The molecule has 1 amide bonds. The summed E-state index contributed by atoms with van der Waals surface area (Å²) in [5.74, 6) is 0.879. The van der Waals surface area contributed by atoms with Crippen LogP contribution in [0, 0.1) is 5.92 Å². The van der Waals surface area contributed by atoms with Gasteiger partial charge in [-0.2, -0.15) is 0 Å². The van der Waals surface area contributed by atoms with E-state index in [9.17, 15) is 4.79 Å². The van der Waals surface area contributed by atoms with E-state index in [1.54, 1.807) is 0 Å². The summed E-state index contributed by atoms with van der Waals surface area (Å²) >= 11 is 0. The number of hydrogen-bond acceptors (Lipinski definition) is 2. The molecule has 0 unspecified atom stereocenters. The van der Waals surface area contributed by atoms with Crippen molar-refractivity contribution in [2.75, 3.05) is 19.6 Å². The van der Waals surface area contributed by atoms with Gasteiger partial charge in [-0.1, -0.05) is 6.42 Å². The third kappa shape index (κ3) is 1.98. The predicted octanol–water partition coefficient (Wildman–Crippen LogP) is 0.822. The van der Waals surface area contributed by atoms with Gasteiger partial charge < -0.3 is 10.6 Å². The number of nitrogens with one attached hydrogen (secondary N) is 2. The van der Waals surface area contributed by atoms with Crippen molar-refractivity contribution in [2.45, 2.75) is 26.2 Å². The average Bonchev–Trinajstić information content (AvgIpc) is 1.97. The van der Waals surface area contributed by atoms with E-state index in [4.69, 9.17) is 0 Å². The van der Waals surface area contributed by atoms with Crippen molar-refractivity contribution in [3.63, 3.8) is 0 Å². The molecular formula is C11H18N2O. The van der Waals surface area contributed by atoms with Gasteiger partial charge in [-0.05, 0) is 31.3 Å². The first-order valence-electron chi connectivity index (χ1n) is 5.45. The highest BCUT2D eigenvalue weighted by molar-refractivity contribution is 5.93. The van der Waals surface area contributed by atoms with Crippen molar-refractivity contribution >= 4 is 5.91 Å². The van der Waals surface area contributed by atoms with Crippen LogP contribution < -0.4 is 10.6 Å². The van der Waals surface area contributed by atoms with Crippen molar-refractivity contribution < 1.29 is 4.79 Å². The lowest BCUT2D eigenvalue weighted by Gasteiger charge is -2.26. The summed E-state index contributed by atoms with van der Waals surface area (Å²) < 4.78 is 0. The van der Waals surface area contributed by atoms with Crippen LogP contribution >= 0.6 is 0 Å². The summed E-state index contributed by atoms with van der Waals surface area (Å²) in [5, 5.41) is 6.16. The van der Waals surface area contributed by atoms with Crippen LogP contribution in [-0.4, -0.2) is 25.5 Å². The molecule has 2 aliphatic rings. The fourth-order valence-corrected chi connectivity index (χ4v) is 1.74. The van der Waals surface area contributed by atoms with Gasteiger partial charge in [-0.25, -0.2) is 0 Å². The van der Waals surface area contributed by atoms with Gasteiger partial charge in [0.25, 0.3) is 0 Å². The minimum Gasteiger partial charge on any atom is -0.352 e. The van der Waals surface area contributed by atoms with Gasteiger partial charge in [0, 0.05) is 25.2 Å². The molecule has 2 N–H and O–H groups in total. The van der Waals surface area contributed by atoms with Crippen molar-refractivity contribution in [1.29, 1.82) is 0 Å². The lowest BCUT2D eigenvalue weighted by Crippen LogP contribution is -2.39. The van der Waals surface area contributed by atoms with Crippen LogP contribution in [0.3, 0.4) is 0 Å². The first kappa shape index (κ1) is 9.71. The van der Waals surface area contributed by atoms with Crippen molar-refractivity contribution in [3.8, 4) is 0 Å². The summed E-state index contributed by atoms with van der Waals surface area (Å²) in [6, 6.07) is 0. The second-order valence-electron chi connectivity index (χ2n) is 4.34. The second kappa shape index (κ2) is 4.13. The van der Waals surface area contributed by atoms with Gasteiger partial charge in [0.15, 0.2) is 0 Å². The highest BCUT2D eigenvalue weighted by atomic mass is 16.1. The summed E-state index contributed by atoms with van der Waals surface area (Å²) in [5.41, 5.74) is 2.18. The highest BCUT2D eigenvalue weighted by Gasteiger charge is 2.20. The Labute approximate surface area is 84.9 Å². The zero-order valence-electron chi connectivity index (χ0n) is 8.73. The number of hydrogen-bond donors (Lipinski definition) is 2. The Hall–Kier alpha value is -0.830. The van der Waals surface area contributed by atoms with Crippen LogP contribution in [0.1, 0.15) is 26.2 Å². The molecular weight excluding hydrogens is 176 g/mol. The van der Waals surface area contributed by atoms with Crippen LogP contribution in [0.2, 0.25) is 0 Å². The normalized spacial score (nSPS) is 21.1. The van der Waals surface area contributed by atoms with Crippen LogP contribution in [-0.2, 0) is 4.79 Å². The van der Waals surface area contributed by atoms with Crippen molar-refractivity contribution in [2.24, 2.45) is 5.92 Å². The van der Waals surface area contributed by atoms with Crippen LogP contribution in [0.5, 0.6) is 0 Å². The van der Waals surface area contributed by atoms with Crippen LogP contribution in [0.15, 0.2) is 11.1 Å². The molecule has 2 fully saturated rings. The van der Waals surface area contributed by atoms with E-state index in [1.807, 2.05) is 6.92 Å². The van der Waals surface area contributed by atoms with E-state index < -0.39 is 0 Å². The average molecular weight is 194 g/mol. The third-order valence-corrected chi connectivity index (χ3v) is 3.32. The lowest BCUT2D eigenvalue weighted by molar-refractivity contribution is -0.117. The van der Waals surface area contributed by atoms with Crippen molar-refractivity contribution in [3.05, 3.63) is 11.1 Å². The fourth-order valence-electron chi connectivity index (χ4n) is 1.74. The van der Waals surface area contributed by atoms with E-state index in [0.29, 0.717) is 0 Å². The van der Waals surface area contributed by atoms with E-state index in [1.165, 1.54) is 24.8 Å². The van der Waals surface area contributed by atoms with Gasteiger partial charge >= 0.3 is 0 Å². The molecule has 1 saturated carbocycles. The SMILES string of the molecule is CC(C(=O)NCC1CCC1)=C1CNC1. The van der Waals surface area contributed by atoms with Gasteiger partial charge in [0.2, 0.25) is 5.91 Å². The smallest absolute Gasteiger partial charge is 0.246 e. The predicted molar refractivity (Wildman–Crippen MR) is 55.9 cm³/mol. The lowest BCUT2D eigenvalue weighted by atomic mass is 9.85.